The number of hydrogen-bond acceptors (Lipinski definition) is 7. The first-order valence-electron chi connectivity index (χ1n) is 11.9. The Morgan fingerprint density at radius 1 is 1.11 bits per heavy atom. The van der Waals surface area contributed by atoms with Crippen molar-refractivity contribution in [3.05, 3.63) is 96.5 Å². The van der Waals surface area contributed by atoms with Crippen LogP contribution in [0.5, 0.6) is 5.75 Å². The maximum Gasteiger partial charge on any atom is 0.250 e. The lowest BCUT2D eigenvalue weighted by atomic mass is 10.0. The van der Waals surface area contributed by atoms with Gasteiger partial charge in [-0.2, -0.15) is 0 Å². The number of hydrogen-bond donors (Lipinski definition) is 2. The van der Waals surface area contributed by atoms with Gasteiger partial charge in [0.05, 0.1) is 24.5 Å². The van der Waals surface area contributed by atoms with Crippen molar-refractivity contribution in [3.63, 3.8) is 0 Å². The zero-order valence-corrected chi connectivity index (χ0v) is 22.4. The molecule has 5 rings (SSSR count). The Kier molecular flexibility index (Phi) is 7.92. The highest BCUT2D eigenvalue weighted by Crippen LogP contribution is 2.44. The van der Waals surface area contributed by atoms with Crippen molar-refractivity contribution in [3.8, 4) is 5.75 Å². The van der Waals surface area contributed by atoms with Crippen molar-refractivity contribution in [1.29, 1.82) is 0 Å². The standard InChI is InChI=1S/C28H26N4O4S2/c1-34-17-24(33)30-21-16-18(11-12-22(21)35-2)32-27(26(31-28(32)37)20-10-6-7-15-29-20)23-13-14-25(36-23)38-19-8-4-3-5-9-19/h3-16,26-27H,17H2,1-2H3,(H,30,33)(H,31,37)/t26-,27+/m0/s1. The average molecular weight is 547 g/mol. The number of carbonyl (C=O) groups is 1. The molecule has 2 aromatic carbocycles. The number of methoxy groups -OCH3 is 2. The molecular weight excluding hydrogens is 520 g/mol. The molecule has 0 bridgehead atoms. The number of rotatable bonds is 9. The summed E-state index contributed by atoms with van der Waals surface area (Å²) in [5.41, 5.74) is 2.10. The summed E-state index contributed by atoms with van der Waals surface area (Å²) in [7, 11) is 3.02. The summed E-state index contributed by atoms with van der Waals surface area (Å²) in [5, 5.41) is 7.56. The fourth-order valence-electron chi connectivity index (χ4n) is 4.34. The number of nitrogens with zero attached hydrogens (tertiary/aromatic N) is 2. The monoisotopic (exact) mass is 546 g/mol. The van der Waals surface area contributed by atoms with Crippen molar-refractivity contribution >= 4 is 46.4 Å². The second-order valence-corrected chi connectivity index (χ2v) is 9.90. The van der Waals surface area contributed by atoms with E-state index in [0.717, 1.165) is 27.1 Å². The lowest BCUT2D eigenvalue weighted by Gasteiger charge is -2.27. The maximum atomic E-state index is 12.3. The summed E-state index contributed by atoms with van der Waals surface area (Å²) in [5.74, 6) is 0.961. The quantitative estimate of drug-likeness (QED) is 0.261. The molecule has 0 saturated carbocycles. The Balaban J connectivity index is 1.53. The number of carbonyl (C=O) groups excluding carboxylic acids is 1. The largest absolute Gasteiger partial charge is 0.495 e. The van der Waals surface area contributed by atoms with Crippen LogP contribution < -0.4 is 20.3 Å². The Bertz CT molecular complexity index is 1410. The highest BCUT2D eigenvalue weighted by molar-refractivity contribution is 7.99. The van der Waals surface area contributed by atoms with Crippen LogP contribution in [0.15, 0.2) is 99.5 Å². The minimum atomic E-state index is -0.335. The van der Waals surface area contributed by atoms with Crippen LogP contribution in [-0.2, 0) is 9.53 Å². The van der Waals surface area contributed by atoms with Gasteiger partial charge in [0.1, 0.15) is 24.2 Å². The van der Waals surface area contributed by atoms with Gasteiger partial charge in [0.15, 0.2) is 10.2 Å². The highest BCUT2D eigenvalue weighted by atomic mass is 32.2. The van der Waals surface area contributed by atoms with Crippen molar-refractivity contribution in [2.45, 2.75) is 22.1 Å². The molecule has 2 N–H and O–H groups in total. The van der Waals surface area contributed by atoms with Gasteiger partial charge in [-0.15, -0.1) is 0 Å². The molecule has 1 fully saturated rings. The molecule has 10 heteroatoms. The van der Waals surface area contributed by atoms with Gasteiger partial charge in [-0.3, -0.25) is 9.78 Å². The zero-order chi connectivity index (χ0) is 26.5. The molecule has 1 amide bonds. The van der Waals surface area contributed by atoms with Gasteiger partial charge in [0.2, 0.25) is 5.91 Å². The predicted octanol–water partition coefficient (Wildman–Crippen LogP) is 5.60. The van der Waals surface area contributed by atoms with Crippen molar-refractivity contribution in [2.75, 3.05) is 31.0 Å². The zero-order valence-electron chi connectivity index (χ0n) is 20.8. The molecule has 0 radical (unpaired) electrons. The molecule has 0 unspecified atom stereocenters. The summed E-state index contributed by atoms with van der Waals surface area (Å²) in [6, 6.07) is 24.7. The molecule has 3 heterocycles. The normalized spacial score (nSPS) is 16.8. The third kappa shape index (κ3) is 5.52. The second-order valence-electron chi connectivity index (χ2n) is 8.43. The lowest BCUT2D eigenvalue weighted by Crippen LogP contribution is -2.29. The lowest BCUT2D eigenvalue weighted by molar-refractivity contribution is -0.119. The Morgan fingerprint density at radius 3 is 2.66 bits per heavy atom. The average Bonchev–Trinajstić information content (AvgIpc) is 3.53. The Morgan fingerprint density at radius 2 is 1.92 bits per heavy atom. The van der Waals surface area contributed by atoms with E-state index in [1.165, 1.54) is 7.11 Å². The van der Waals surface area contributed by atoms with E-state index in [0.29, 0.717) is 16.5 Å². The smallest absolute Gasteiger partial charge is 0.250 e. The summed E-state index contributed by atoms with van der Waals surface area (Å²) < 4.78 is 16.8. The Hall–Kier alpha value is -3.86. The topological polar surface area (TPSA) is 88.9 Å². The van der Waals surface area contributed by atoms with Crippen LogP contribution in [0, 0.1) is 0 Å². The number of anilines is 2. The summed E-state index contributed by atoms with van der Waals surface area (Å²) in [4.78, 5) is 19.9. The van der Waals surface area contributed by atoms with Crippen LogP contribution >= 0.6 is 24.0 Å². The van der Waals surface area contributed by atoms with Crippen LogP contribution in [0.25, 0.3) is 0 Å². The van der Waals surface area contributed by atoms with E-state index in [1.54, 1.807) is 31.1 Å². The number of pyridine rings is 1. The minimum absolute atomic E-state index is 0.0737. The summed E-state index contributed by atoms with van der Waals surface area (Å²) in [6.45, 7) is -0.0737. The predicted molar refractivity (Wildman–Crippen MR) is 151 cm³/mol. The Labute approximate surface area is 230 Å². The van der Waals surface area contributed by atoms with Crippen molar-refractivity contribution < 1.29 is 18.7 Å². The molecule has 194 valence electrons. The van der Waals surface area contributed by atoms with Gasteiger partial charge < -0.3 is 29.4 Å². The van der Waals surface area contributed by atoms with Crippen LogP contribution in [0.3, 0.4) is 0 Å². The fourth-order valence-corrected chi connectivity index (χ4v) is 5.48. The molecular formula is C28H26N4O4S2. The van der Waals surface area contributed by atoms with Gasteiger partial charge in [-0.25, -0.2) is 0 Å². The minimum Gasteiger partial charge on any atom is -0.495 e. The number of furan rings is 1. The molecule has 2 atom stereocenters. The number of amides is 1. The third-order valence-electron chi connectivity index (χ3n) is 5.96. The van der Waals surface area contributed by atoms with Crippen molar-refractivity contribution in [2.24, 2.45) is 0 Å². The van der Waals surface area contributed by atoms with E-state index < -0.39 is 0 Å². The van der Waals surface area contributed by atoms with Gasteiger partial charge >= 0.3 is 0 Å². The number of nitrogens with one attached hydrogen (secondary N) is 2. The SMILES string of the molecule is COCC(=O)Nc1cc(N2C(=S)N[C@@H](c3ccccn3)[C@H]2c2ccc(Sc3ccccc3)o2)ccc1OC. The molecule has 38 heavy (non-hydrogen) atoms. The molecule has 1 saturated heterocycles. The van der Waals surface area contributed by atoms with Gasteiger partial charge in [-0.1, -0.05) is 36.0 Å². The van der Waals surface area contributed by atoms with E-state index in [1.807, 2.05) is 77.7 Å². The first-order valence-corrected chi connectivity index (χ1v) is 13.1. The summed E-state index contributed by atoms with van der Waals surface area (Å²) >= 11 is 7.37. The first kappa shape index (κ1) is 25.8. The first-order chi connectivity index (χ1) is 18.6. The highest BCUT2D eigenvalue weighted by Gasteiger charge is 2.42. The summed E-state index contributed by atoms with van der Waals surface area (Å²) in [6.07, 6.45) is 1.76. The molecule has 0 aliphatic carbocycles. The number of ether oxygens (including phenoxy) is 2. The molecule has 4 aromatic rings. The molecule has 0 spiro atoms. The number of benzene rings is 2. The van der Waals surface area contributed by atoms with E-state index in [4.69, 9.17) is 26.1 Å². The fraction of sp³-hybridized carbons (Fsp3) is 0.179. The van der Waals surface area contributed by atoms with Crippen LogP contribution in [0.1, 0.15) is 23.5 Å². The van der Waals surface area contributed by atoms with Crippen LogP contribution in [0.2, 0.25) is 0 Å². The van der Waals surface area contributed by atoms with Crippen LogP contribution in [0.4, 0.5) is 11.4 Å². The van der Waals surface area contributed by atoms with Gasteiger partial charge in [0.25, 0.3) is 0 Å². The van der Waals surface area contributed by atoms with Crippen molar-refractivity contribution in [1.82, 2.24) is 10.3 Å². The molecule has 1 aliphatic heterocycles. The van der Waals surface area contributed by atoms with E-state index in [2.05, 4.69) is 15.6 Å². The maximum absolute atomic E-state index is 12.3. The second kappa shape index (κ2) is 11.7. The van der Waals surface area contributed by atoms with Gasteiger partial charge in [0, 0.05) is 23.9 Å². The number of thiocarbonyl (C=S) groups is 1. The molecule has 1 aliphatic rings. The number of aromatic nitrogens is 1. The van der Waals surface area contributed by atoms with E-state index in [-0.39, 0.29) is 24.6 Å². The molecule has 2 aromatic heterocycles. The third-order valence-corrected chi connectivity index (χ3v) is 7.21. The van der Waals surface area contributed by atoms with Gasteiger partial charge in [-0.05, 0) is 66.8 Å². The van der Waals surface area contributed by atoms with E-state index >= 15 is 0 Å². The molecule has 8 nitrogen and oxygen atoms in total. The van der Waals surface area contributed by atoms with E-state index in [9.17, 15) is 4.79 Å². The van der Waals surface area contributed by atoms with Crippen LogP contribution in [-0.4, -0.2) is 36.8 Å².